The summed E-state index contributed by atoms with van der Waals surface area (Å²) in [5.41, 5.74) is -0.778. The highest BCUT2D eigenvalue weighted by Crippen LogP contribution is 2.34. The molecule has 0 radical (unpaired) electrons. The zero-order chi connectivity index (χ0) is 14.3. The van der Waals surface area contributed by atoms with Gasteiger partial charge in [-0.1, -0.05) is 26.2 Å². The predicted molar refractivity (Wildman–Crippen MR) is 71.9 cm³/mol. The molecule has 110 valence electrons. The van der Waals surface area contributed by atoms with Gasteiger partial charge in [0.1, 0.15) is 5.54 Å². The summed E-state index contributed by atoms with van der Waals surface area (Å²) in [6.07, 6.45) is 4.61. The van der Waals surface area contributed by atoms with E-state index in [2.05, 4.69) is 0 Å². The summed E-state index contributed by atoms with van der Waals surface area (Å²) in [6, 6.07) is 0. The van der Waals surface area contributed by atoms with Crippen LogP contribution in [0.4, 0.5) is 0 Å². The Morgan fingerprint density at radius 2 is 1.84 bits per heavy atom. The van der Waals surface area contributed by atoms with Crippen LogP contribution >= 0.6 is 0 Å². The van der Waals surface area contributed by atoms with Crippen LogP contribution in [0.3, 0.4) is 0 Å². The number of hydrogen-bond donors (Lipinski definition) is 1. The number of esters is 1. The molecule has 5 heteroatoms. The molecule has 5 nitrogen and oxygen atoms in total. The van der Waals surface area contributed by atoms with Crippen LogP contribution in [0.15, 0.2) is 0 Å². The summed E-state index contributed by atoms with van der Waals surface area (Å²) in [4.78, 5) is 25.0. The van der Waals surface area contributed by atoms with Crippen molar-refractivity contribution in [2.75, 3.05) is 19.7 Å². The number of nitrogens with zero attached hydrogens (tertiary/aromatic N) is 1. The summed E-state index contributed by atoms with van der Waals surface area (Å²) in [6.45, 7) is 5.20. The van der Waals surface area contributed by atoms with Crippen molar-refractivity contribution in [1.82, 2.24) is 4.90 Å². The Labute approximate surface area is 114 Å². The van der Waals surface area contributed by atoms with E-state index in [1.54, 1.807) is 6.92 Å². The summed E-state index contributed by atoms with van der Waals surface area (Å²) in [5.74, 6) is -1.00. The van der Waals surface area contributed by atoms with Crippen molar-refractivity contribution in [3.05, 3.63) is 0 Å². The standard InChI is InChI=1S/C14H25NO4/c1-3-15(11-8-12(16)19-4-2)14(13(17)18)9-6-5-7-10-14/h3-11H2,1-2H3,(H,17,18). The van der Waals surface area contributed by atoms with Gasteiger partial charge in [0.2, 0.25) is 0 Å². The fourth-order valence-electron chi connectivity index (χ4n) is 2.94. The molecule has 1 fully saturated rings. The number of likely N-dealkylation sites (N-methyl/N-ethyl adjacent to an activating group) is 1. The first-order valence-electron chi connectivity index (χ1n) is 7.21. The first-order valence-corrected chi connectivity index (χ1v) is 7.21. The fourth-order valence-corrected chi connectivity index (χ4v) is 2.94. The van der Waals surface area contributed by atoms with Gasteiger partial charge in [-0.2, -0.15) is 0 Å². The van der Waals surface area contributed by atoms with Gasteiger partial charge in [-0.3, -0.25) is 14.5 Å². The number of ether oxygens (including phenoxy) is 1. The molecule has 0 unspecified atom stereocenters. The van der Waals surface area contributed by atoms with Gasteiger partial charge in [0.15, 0.2) is 0 Å². The molecule has 0 aromatic heterocycles. The molecule has 0 aromatic carbocycles. The van der Waals surface area contributed by atoms with Crippen LogP contribution in [0.25, 0.3) is 0 Å². The van der Waals surface area contributed by atoms with E-state index in [-0.39, 0.29) is 12.4 Å². The molecule has 1 saturated carbocycles. The maximum Gasteiger partial charge on any atom is 0.324 e. The lowest BCUT2D eigenvalue weighted by atomic mass is 9.80. The largest absolute Gasteiger partial charge is 0.480 e. The Morgan fingerprint density at radius 1 is 1.21 bits per heavy atom. The molecule has 0 spiro atoms. The Morgan fingerprint density at radius 3 is 2.32 bits per heavy atom. The van der Waals surface area contributed by atoms with Crippen LogP contribution in [0.2, 0.25) is 0 Å². The van der Waals surface area contributed by atoms with Crippen LogP contribution in [0.1, 0.15) is 52.4 Å². The average molecular weight is 271 g/mol. The van der Waals surface area contributed by atoms with E-state index in [4.69, 9.17) is 4.74 Å². The third-order valence-corrected chi connectivity index (χ3v) is 3.96. The number of carbonyl (C=O) groups is 2. The second kappa shape index (κ2) is 7.48. The number of carboxylic acids is 1. The molecule has 1 N–H and O–H groups in total. The van der Waals surface area contributed by atoms with Gasteiger partial charge in [0.25, 0.3) is 0 Å². The number of carbonyl (C=O) groups excluding carboxylic acids is 1. The van der Waals surface area contributed by atoms with Crippen molar-refractivity contribution in [1.29, 1.82) is 0 Å². The third-order valence-electron chi connectivity index (χ3n) is 3.96. The molecule has 0 amide bonds. The number of rotatable bonds is 7. The Balaban J connectivity index is 2.68. The van der Waals surface area contributed by atoms with E-state index in [0.717, 1.165) is 19.3 Å². The highest BCUT2D eigenvalue weighted by Gasteiger charge is 2.44. The molecule has 0 aromatic rings. The number of aliphatic carboxylic acids is 1. The minimum atomic E-state index is -0.778. The van der Waals surface area contributed by atoms with Gasteiger partial charge in [-0.25, -0.2) is 0 Å². The van der Waals surface area contributed by atoms with Gasteiger partial charge in [-0.15, -0.1) is 0 Å². The van der Waals surface area contributed by atoms with Gasteiger partial charge < -0.3 is 9.84 Å². The molecular formula is C14H25NO4. The summed E-state index contributed by atoms with van der Waals surface area (Å²) in [7, 11) is 0. The van der Waals surface area contributed by atoms with Crippen molar-refractivity contribution in [2.45, 2.75) is 57.9 Å². The second-order valence-electron chi connectivity index (χ2n) is 5.03. The normalized spacial score (nSPS) is 18.3. The van der Waals surface area contributed by atoms with E-state index in [9.17, 15) is 14.7 Å². The maximum atomic E-state index is 11.7. The van der Waals surface area contributed by atoms with E-state index in [1.807, 2.05) is 11.8 Å². The number of hydrogen-bond acceptors (Lipinski definition) is 4. The highest BCUT2D eigenvalue weighted by molar-refractivity contribution is 5.79. The zero-order valence-electron chi connectivity index (χ0n) is 12.0. The van der Waals surface area contributed by atoms with Crippen LogP contribution in [-0.4, -0.2) is 47.2 Å². The van der Waals surface area contributed by atoms with E-state index < -0.39 is 11.5 Å². The SMILES string of the molecule is CCOC(=O)CCN(CC)C1(C(=O)O)CCCCC1. The van der Waals surface area contributed by atoms with Crippen molar-refractivity contribution >= 4 is 11.9 Å². The Kier molecular flexibility index (Phi) is 6.28. The topological polar surface area (TPSA) is 66.8 Å². The minimum Gasteiger partial charge on any atom is -0.480 e. The van der Waals surface area contributed by atoms with E-state index in [0.29, 0.717) is 32.5 Å². The molecule has 1 aliphatic rings. The first kappa shape index (κ1) is 16.0. The maximum absolute atomic E-state index is 11.7. The quantitative estimate of drug-likeness (QED) is 0.718. The summed E-state index contributed by atoms with van der Waals surface area (Å²) >= 11 is 0. The Hall–Kier alpha value is -1.10. The molecule has 19 heavy (non-hydrogen) atoms. The smallest absolute Gasteiger partial charge is 0.324 e. The van der Waals surface area contributed by atoms with Crippen molar-refractivity contribution in [3.8, 4) is 0 Å². The molecule has 0 atom stereocenters. The van der Waals surface area contributed by atoms with Crippen molar-refractivity contribution in [2.24, 2.45) is 0 Å². The van der Waals surface area contributed by atoms with Crippen LogP contribution in [-0.2, 0) is 14.3 Å². The fraction of sp³-hybridized carbons (Fsp3) is 0.857. The van der Waals surface area contributed by atoms with Crippen molar-refractivity contribution in [3.63, 3.8) is 0 Å². The summed E-state index contributed by atoms with van der Waals surface area (Å²) in [5, 5.41) is 9.60. The van der Waals surface area contributed by atoms with Gasteiger partial charge >= 0.3 is 11.9 Å². The zero-order valence-corrected chi connectivity index (χ0v) is 12.0. The first-order chi connectivity index (χ1) is 9.06. The Bertz CT molecular complexity index is 311. The lowest BCUT2D eigenvalue weighted by Gasteiger charge is -2.42. The molecule has 0 bridgehead atoms. The molecule has 0 aliphatic heterocycles. The van der Waals surface area contributed by atoms with E-state index >= 15 is 0 Å². The van der Waals surface area contributed by atoms with Crippen LogP contribution < -0.4 is 0 Å². The number of carboxylic acid groups (broad SMARTS) is 1. The molecule has 1 aliphatic carbocycles. The molecule has 1 rings (SSSR count). The highest BCUT2D eigenvalue weighted by atomic mass is 16.5. The van der Waals surface area contributed by atoms with Crippen LogP contribution in [0.5, 0.6) is 0 Å². The van der Waals surface area contributed by atoms with Gasteiger partial charge in [-0.05, 0) is 26.3 Å². The molecular weight excluding hydrogens is 246 g/mol. The third kappa shape index (κ3) is 3.93. The van der Waals surface area contributed by atoms with Crippen molar-refractivity contribution < 1.29 is 19.4 Å². The molecule has 0 saturated heterocycles. The lowest BCUT2D eigenvalue weighted by molar-refractivity contribution is -0.156. The second-order valence-corrected chi connectivity index (χ2v) is 5.03. The van der Waals surface area contributed by atoms with Gasteiger partial charge in [0, 0.05) is 6.54 Å². The minimum absolute atomic E-state index is 0.253. The summed E-state index contributed by atoms with van der Waals surface area (Å²) < 4.78 is 4.90. The molecule has 0 heterocycles. The van der Waals surface area contributed by atoms with Crippen LogP contribution in [0, 0.1) is 0 Å². The lowest BCUT2D eigenvalue weighted by Crippen LogP contribution is -2.56. The average Bonchev–Trinajstić information content (AvgIpc) is 2.40. The predicted octanol–water partition coefficient (Wildman–Crippen LogP) is 2.05. The monoisotopic (exact) mass is 271 g/mol. The van der Waals surface area contributed by atoms with E-state index in [1.165, 1.54) is 0 Å². The van der Waals surface area contributed by atoms with Gasteiger partial charge in [0.05, 0.1) is 13.0 Å².